The van der Waals surface area contributed by atoms with Crippen LogP contribution in [-0.2, 0) is 0 Å². The van der Waals surface area contributed by atoms with E-state index in [4.69, 9.17) is 0 Å². The standard InChI is InChI=1S/C72H50N2Si2/c1-5-22-53(23-6-1)74-67-36-17-13-32-61(67)66-50-56(45-47-68(66)74)73(55-24-21-31-60(49-55)76(59-29-11-4-12-30-59)70-38-19-14-33-62(70)63-34-15-20-39-71(63)76)54-43-40-51(41-44-54)52-42-46-65-64-35-16-18-37-69(64)75(72(65)48-52,57-25-7-2-8-26-57)58-27-9-3-10-28-58/h1-50H. The summed E-state index contributed by atoms with van der Waals surface area (Å²) < 4.78 is 2.40. The molecule has 4 heteroatoms. The van der Waals surface area contributed by atoms with Gasteiger partial charge in [0.15, 0.2) is 16.1 Å². The molecule has 0 amide bonds. The van der Waals surface area contributed by atoms with Gasteiger partial charge in [-0.1, -0.05) is 243 Å². The molecule has 3 heterocycles. The van der Waals surface area contributed by atoms with E-state index < -0.39 is 16.1 Å². The Bertz CT molecular complexity index is 4250. The Morgan fingerprint density at radius 2 is 0.684 bits per heavy atom. The fourth-order valence-corrected chi connectivity index (χ4v) is 23.8. The van der Waals surface area contributed by atoms with Crippen LogP contribution < -0.4 is 46.4 Å². The van der Waals surface area contributed by atoms with Gasteiger partial charge in [0.2, 0.25) is 0 Å². The highest BCUT2D eigenvalue weighted by Crippen LogP contribution is 2.41. The summed E-state index contributed by atoms with van der Waals surface area (Å²) in [4.78, 5) is 2.49. The smallest absolute Gasteiger partial charge is 0.180 e. The van der Waals surface area contributed by atoms with Crippen LogP contribution in [0.3, 0.4) is 0 Å². The molecule has 0 N–H and O–H groups in total. The first-order valence-corrected chi connectivity index (χ1v) is 30.4. The van der Waals surface area contributed by atoms with Gasteiger partial charge in [-0.05, 0) is 136 Å². The van der Waals surface area contributed by atoms with Crippen molar-refractivity contribution in [2.24, 2.45) is 0 Å². The van der Waals surface area contributed by atoms with Gasteiger partial charge in [-0.2, -0.15) is 0 Å². The first kappa shape index (κ1) is 44.2. The van der Waals surface area contributed by atoms with E-state index in [1.54, 1.807) is 0 Å². The predicted molar refractivity (Wildman–Crippen MR) is 326 cm³/mol. The van der Waals surface area contributed by atoms with Gasteiger partial charge in [0.05, 0.1) is 11.0 Å². The van der Waals surface area contributed by atoms with Crippen LogP contribution in [0.5, 0.6) is 0 Å². The molecule has 0 fully saturated rings. The average molecular weight is 999 g/mol. The van der Waals surface area contributed by atoms with E-state index >= 15 is 0 Å². The van der Waals surface area contributed by atoms with Crippen LogP contribution in [0.2, 0.25) is 0 Å². The lowest BCUT2D eigenvalue weighted by Crippen LogP contribution is -2.72. The normalized spacial score (nSPS) is 13.5. The third-order valence-corrected chi connectivity index (χ3v) is 26.3. The van der Waals surface area contributed by atoms with Crippen molar-refractivity contribution >= 4 is 96.5 Å². The van der Waals surface area contributed by atoms with Crippen LogP contribution in [0, 0.1) is 0 Å². The minimum Gasteiger partial charge on any atom is -0.310 e. The van der Waals surface area contributed by atoms with Gasteiger partial charge in [0.25, 0.3) is 0 Å². The van der Waals surface area contributed by atoms with Crippen LogP contribution in [0.15, 0.2) is 303 Å². The second-order valence-electron chi connectivity index (χ2n) is 20.3. The van der Waals surface area contributed by atoms with Crippen molar-refractivity contribution in [2.45, 2.75) is 0 Å². The third kappa shape index (κ3) is 6.51. The molecule has 2 aliphatic rings. The summed E-state index contributed by atoms with van der Waals surface area (Å²) in [6.45, 7) is 0. The Morgan fingerprint density at radius 3 is 1.28 bits per heavy atom. The summed E-state index contributed by atoms with van der Waals surface area (Å²) in [6, 6.07) is 114. The van der Waals surface area contributed by atoms with E-state index in [0.717, 1.165) is 22.7 Å². The zero-order valence-electron chi connectivity index (χ0n) is 41.8. The van der Waals surface area contributed by atoms with E-state index in [2.05, 4.69) is 313 Å². The molecule has 13 aromatic rings. The van der Waals surface area contributed by atoms with Gasteiger partial charge >= 0.3 is 0 Å². The highest BCUT2D eigenvalue weighted by molar-refractivity contribution is 7.23. The number of anilines is 3. The van der Waals surface area contributed by atoms with Crippen molar-refractivity contribution in [3.05, 3.63) is 303 Å². The Labute approximate surface area is 445 Å². The van der Waals surface area contributed by atoms with E-state index in [-0.39, 0.29) is 0 Å². The molecule has 0 unspecified atom stereocenters. The summed E-state index contributed by atoms with van der Waals surface area (Å²) in [5.41, 5.74) is 14.6. The number of hydrogen-bond acceptors (Lipinski definition) is 1. The monoisotopic (exact) mass is 998 g/mol. The van der Waals surface area contributed by atoms with Gasteiger partial charge in [0.1, 0.15) is 0 Å². The molecule has 0 aliphatic carbocycles. The molecule has 2 nitrogen and oxygen atoms in total. The second-order valence-corrected chi connectivity index (χ2v) is 27.8. The van der Waals surface area contributed by atoms with E-state index in [0.29, 0.717) is 0 Å². The molecule has 356 valence electrons. The maximum atomic E-state index is 2.53. The molecular formula is C72H50N2Si2. The number of hydrogen-bond donors (Lipinski definition) is 0. The molecule has 76 heavy (non-hydrogen) atoms. The van der Waals surface area contributed by atoms with Crippen molar-refractivity contribution in [3.8, 4) is 39.1 Å². The van der Waals surface area contributed by atoms with Crippen molar-refractivity contribution in [2.75, 3.05) is 4.90 Å². The highest BCUT2D eigenvalue weighted by atomic mass is 28.3. The van der Waals surface area contributed by atoms with Gasteiger partial charge < -0.3 is 9.47 Å². The molecule has 12 aromatic carbocycles. The molecule has 0 bridgehead atoms. The Hall–Kier alpha value is -9.33. The summed E-state index contributed by atoms with van der Waals surface area (Å²) >= 11 is 0. The summed E-state index contributed by atoms with van der Waals surface area (Å²) in [5, 5.41) is 13.8. The van der Waals surface area contributed by atoms with Gasteiger partial charge in [0, 0.05) is 33.5 Å². The number of rotatable bonds is 9. The van der Waals surface area contributed by atoms with Crippen molar-refractivity contribution in [1.82, 2.24) is 4.57 Å². The van der Waals surface area contributed by atoms with Crippen molar-refractivity contribution < 1.29 is 0 Å². The van der Waals surface area contributed by atoms with E-state index in [1.807, 2.05) is 0 Å². The first-order valence-electron chi connectivity index (χ1n) is 26.4. The number of para-hydroxylation sites is 2. The second kappa shape index (κ2) is 17.7. The molecule has 0 radical (unpaired) electrons. The molecule has 0 saturated heterocycles. The largest absolute Gasteiger partial charge is 0.310 e. The van der Waals surface area contributed by atoms with Crippen LogP contribution in [0.1, 0.15) is 0 Å². The molecular weight excluding hydrogens is 949 g/mol. The van der Waals surface area contributed by atoms with Crippen LogP contribution in [0.25, 0.3) is 60.9 Å². The molecule has 1 aromatic heterocycles. The molecule has 0 spiro atoms. The maximum Gasteiger partial charge on any atom is 0.180 e. The lowest BCUT2D eigenvalue weighted by Gasteiger charge is -2.33. The maximum absolute atomic E-state index is 2.79. The fourth-order valence-electron chi connectivity index (χ4n) is 13.4. The Kier molecular flexibility index (Phi) is 10.3. The number of aromatic nitrogens is 1. The summed E-state index contributed by atoms with van der Waals surface area (Å²) in [6.07, 6.45) is 0. The number of benzene rings is 12. The summed E-state index contributed by atoms with van der Waals surface area (Å²) in [5.74, 6) is 0. The topological polar surface area (TPSA) is 8.17 Å². The Balaban J connectivity index is 0.924. The van der Waals surface area contributed by atoms with Crippen LogP contribution in [-0.4, -0.2) is 20.7 Å². The molecule has 0 saturated carbocycles. The zero-order valence-corrected chi connectivity index (χ0v) is 43.8. The van der Waals surface area contributed by atoms with Gasteiger partial charge in [-0.25, -0.2) is 0 Å². The minimum absolute atomic E-state index is 1.10. The Morgan fingerprint density at radius 1 is 0.250 bits per heavy atom. The van der Waals surface area contributed by atoms with E-state index in [1.165, 1.54) is 96.7 Å². The quantitative estimate of drug-likeness (QED) is 0.131. The SMILES string of the molecule is c1ccc(-n2c3ccccc3c3cc(N(c4ccc(-c5ccc6c(c5)[Si](c5ccccc5)(c5ccccc5)c5ccccc5-6)cc4)c4cccc([Si]5(c6ccccc6)c6ccccc6-c6ccccc65)c4)ccc32)cc1. The number of fused-ring (bicyclic) bond motifs is 9. The zero-order chi connectivity index (χ0) is 50.2. The number of nitrogens with zero attached hydrogens (tertiary/aromatic N) is 2. The third-order valence-electron chi connectivity index (χ3n) is 16.5. The average Bonchev–Trinajstić information content (AvgIpc) is 4.30. The predicted octanol–water partition coefficient (Wildman–Crippen LogP) is 12.6. The molecule has 0 atom stereocenters. The first-order chi connectivity index (χ1) is 37.7. The van der Waals surface area contributed by atoms with Crippen molar-refractivity contribution in [3.63, 3.8) is 0 Å². The lowest BCUT2D eigenvalue weighted by atomic mass is 10.00. The van der Waals surface area contributed by atoms with Crippen molar-refractivity contribution in [1.29, 1.82) is 0 Å². The van der Waals surface area contributed by atoms with Gasteiger partial charge in [-0.15, -0.1) is 0 Å². The lowest BCUT2D eigenvalue weighted by molar-refractivity contribution is 1.18. The van der Waals surface area contributed by atoms with Gasteiger partial charge in [-0.3, -0.25) is 0 Å². The highest BCUT2D eigenvalue weighted by Gasteiger charge is 2.50. The van der Waals surface area contributed by atoms with E-state index in [9.17, 15) is 0 Å². The molecule has 2 aliphatic heterocycles. The summed E-state index contributed by atoms with van der Waals surface area (Å²) in [7, 11) is -5.46. The molecule has 15 rings (SSSR count). The minimum atomic E-state index is -2.79. The fraction of sp³-hybridized carbons (Fsp3) is 0. The van der Waals surface area contributed by atoms with Crippen LogP contribution in [0.4, 0.5) is 17.1 Å². The van der Waals surface area contributed by atoms with Crippen LogP contribution >= 0.6 is 0 Å².